The van der Waals surface area contributed by atoms with E-state index in [0.29, 0.717) is 6.54 Å². The third kappa shape index (κ3) is 2.65. The molecule has 0 aliphatic carbocycles. The van der Waals surface area contributed by atoms with Gasteiger partial charge < -0.3 is 15.2 Å². The van der Waals surface area contributed by atoms with Gasteiger partial charge in [0.2, 0.25) is 0 Å². The van der Waals surface area contributed by atoms with Crippen molar-refractivity contribution in [2.24, 2.45) is 5.73 Å². The first-order chi connectivity index (χ1) is 8.20. The van der Waals surface area contributed by atoms with Crippen LogP contribution < -0.4 is 10.6 Å². The minimum atomic E-state index is 0.635. The first kappa shape index (κ1) is 11.7. The van der Waals surface area contributed by atoms with Crippen molar-refractivity contribution in [1.29, 1.82) is 0 Å². The van der Waals surface area contributed by atoms with Crippen molar-refractivity contribution in [2.45, 2.75) is 6.42 Å². The van der Waals surface area contributed by atoms with Crippen LogP contribution >= 0.6 is 0 Å². The molecule has 0 aliphatic heterocycles. The van der Waals surface area contributed by atoms with E-state index in [0.717, 1.165) is 17.8 Å². The minimum Gasteiger partial charge on any atom is -0.378 e. The van der Waals surface area contributed by atoms with Gasteiger partial charge in [0.1, 0.15) is 0 Å². The summed E-state index contributed by atoms with van der Waals surface area (Å²) in [5.74, 6) is 0. The van der Waals surface area contributed by atoms with E-state index in [4.69, 9.17) is 5.73 Å². The summed E-state index contributed by atoms with van der Waals surface area (Å²) in [4.78, 5) is 6.39. The van der Waals surface area contributed by atoms with Gasteiger partial charge in [-0.1, -0.05) is 0 Å². The van der Waals surface area contributed by atoms with Gasteiger partial charge in [-0.2, -0.15) is 0 Å². The fourth-order valence-electron chi connectivity index (χ4n) is 1.70. The van der Waals surface area contributed by atoms with Crippen molar-refractivity contribution in [3.63, 3.8) is 0 Å². The maximum absolute atomic E-state index is 5.51. The molecule has 0 fully saturated rings. The van der Waals surface area contributed by atoms with Crippen molar-refractivity contribution >= 4 is 5.69 Å². The van der Waals surface area contributed by atoms with Crippen LogP contribution in [0.3, 0.4) is 0 Å². The van der Waals surface area contributed by atoms with Crippen LogP contribution in [0.1, 0.15) is 5.69 Å². The van der Waals surface area contributed by atoms with Gasteiger partial charge >= 0.3 is 0 Å². The average Bonchev–Trinajstić information content (AvgIpc) is 2.78. The van der Waals surface area contributed by atoms with E-state index in [1.54, 1.807) is 0 Å². The zero-order chi connectivity index (χ0) is 12.3. The SMILES string of the molecule is CN(C)c1ccc(-n2cnc(CCN)c2)cc1. The lowest BCUT2D eigenvalue weighted by molar-refractivity contribution is 0.934. The Hall–Kier alpha value is -1.81. The summed E-state index contributed by atoms with van der Waals surface area (Å²) in [6, 6.07) is 8.36. The molecule has 1 heterocycles. The highest BCUT2D eigenvalue weighted by molar-refractivity contribution is 5.49. The van der Waals surface area contributed by atoms with Gasteiger partial charge in [-0.05, 0) is 30.8 Å². The van der Waals surface area contributed by atoms with Gasteiger partial charge in [0, 0.05) is 38.1 Å². The Kier molecular flexibility index (Phi) is 3.44. The normalized spacial score (nSPS) is 10.5. The van der Waals surface area contributed by atoms with E-state index >= 15 is 0 Å². The smallest absolute Gasteiger partial charge is 0.0995 e. The molecule has 2 aromatic rings. The lowest BCUT2D eigenvalue weighted by Crippen LogP contribution is -2.08. The second-order valence-corrected chi connectivity index (χ2v) is 4.22. The third-order valence-corrected chi connectivity index (χ3v) is 2.70. The highest BCUT2D eigenvalue weighted by Gasteiger charge is 2.01. The van der Waals surface area contributed by atoms with Gasteiger partial charge in [0.25, 0.3) is 0 Å². The summed E-state index contributed by atoms with van der Waals surface area (Å²) in [5, 5.41) is 0. The third-order valence-electron chi connectivity index (χ3n) is 2.70. The molecule has 0 atom stereocenters. The van der Waals surface area contributed by atoms with E-state index in [9.17, 15) is 0 Å². The quantitative estimate of drug-likeness (QED) is 0.864. The Labute approximate surface area is 102 Å². The van der Waals surface area contributed by atoms with Crippen LogP contribution in [0.4, 0.5) is 5.69 Å². The summed E-state index contributed by atoms with van der Waals surface area (Å²) in [6.07, 6.45) is 4.68. The number of benzene rings is 1. The second kappa shape index (κ2) is 5.01. The molecular formula is C13H18N4. The summed E-state index contributed by atoms with van der Waals surface area (Å²) in [5.41, 5.74) is 8.85. The van der Waals surface area contributed by atoms with Crippen LogP contribution in [0.2, 0.25) is 0 Å². The van der Waals surface area contributed by atoms with E-state index in [1.165, 1.54) is 5.69 Å². The Morgan fingerprint density at radius 3 is 2.53 bits per heavy atom. The second-order valence-electron chi connectivity index (χ2n) is 4.22. The molecule has 0 saturated heterocycles. The van der Waals surface area contributed by atoms with Crippen molar-refractivity contribution in [1.82, 2.24) is 9.55 Å². The molecule has 0 radical (unpaired) electrons. The summed E-state index contributed by atoms with van der Waals surface area (Å²) in [7, 11) is 4.07. The Morgan fingerprint density at radius 2 is 1.94 bits per heavy atom. The highest BCUT2D eigenvalue weighted by atomic mass is 15.1. The van der Waals surface area contributed by atoms with E-state index in [1.807, 2.05) is 31.2 Å². The monoisotopic (exact) mass is 230 g/mol. The molecule has 0 aliphatic rings. The van der Waals surface area contributed by atoms with Gasteiger partial charge in [0.15, 0.2) is 0 Å². The van der Waals surface area contributed by atoms with Crippen LogP contribution in [0.5, 0.6) is 0 Å². The predicted molar refractivity (Wildman–Crippen MR) is 70.6 cm³/mol. The maximum atomic E-state index is 5.51. The number of nitrogens with two attached hydrogens (primary N) is 1. The summed E-state index contributed by atoms with van der Waals surface area (Å²) in [6.45, 7) is 0.635. The molecule has 0 spiro atoms. The molecular weight excluding hydrogens is 212 g/mol. The molecule has 4 heteroatoms. The topological polar surface area (TPSA) is 47.1 Å². The molecule has 2 N–H and O–H groups in total. The van der Waals surface area contributed by atoms with Crippen molar-refractivity contribution in [2.75, 3.05) is 25.5 Å². The van der Waals surface area contributed by atoms with Crippen LogP contribution in [0.25, 0.3) is 5.69 Å². The van der Waals surface area contributed by atoms with E-state index in [-0.39, 0.29) is 0 Å². The molecule has 0 saturated carbocycles. The molecule has 1 aromatic heterocycles. The Bertz CT molecular complexity index is 470. The van der Waals surface area contributed by atoms with Crippen LogP contribution in [-0.4, -0.2) is 30.2 Å². The van der Waals surface area contributed by atoms with Crippen LogP contribution in [0, 0.1) is 0 Å². The fourth-order valence-corrected chi connectivity index (χ4v) is 1.70. The van der Waals surface area contributed by atoms with Gasteiger partial charge in [0.05, 0.1) is 12.0 Å². The van der Waals surface area contributed by atoms with E-state index in [2.05, 4.69) is 34.1 Å². The molecule has 90 valence electrons. The molecule has 17 heavy (non-hydrogen) atoms. The van der Waals surface area contributed by atoms with Gasteiger partial charge in [-0.15, -0.1) is 0 Å². The number of hydrogen-bond donors (Lipinski definition) is 1. The van der Waals surface area contributed by atoms with Crippen molar-refractivity contribution in [3.8, 4) is 5.69 Å². The number of imidazole rings is 1. The molecule has 0 bridgehead atoms. The average molecular weight is 230 g/mol. The standard InChI is InChI=1S/C13H18N4/c1-16(2)12-3-5-13(6-4-12)17-9-11(7-8-14)15-10-17/h3-6,9-10H,7-8,14H2,1-2H3. The zero-order valence-electron chi connectivity index (χ0n) is 10.3. The number of nitrogens with zero attached hydrogens (tertiary/aromatic N) is 3. The largest absolute Gasteiger partial charge is 0.378 e. The first-order valence-corrected chi connectivity index (χ1v) is 5.71. The van der Waals surface area contributed by atoms with Gasteiger partial charge in [-0.3, -0.25) is 0 Å². The van der Waals surface area contributed by atoms with Crippen molar-refractivity contribution in [3.05, 3.63) is 42.5 Å². The van der Waals surface area contributed by atoms with E-state index < -0.39 is 0 Å². The number of aromatic nitrogens is 2. The van der Waals surface area contributed by atoms with Crippen LogP contribution in [0.15, 0.2) is 36.8 Å². The molecule has 4 nitrogen and oxygen atoms in total. The first-order valence-electron chi connectivity index (χ1n) is 5.71. The van der Waals surface area contributed by atoms with Crippen molar-refractivity contribution < 1.29 is 0 Å². The number of rotatable bonds is 4. The molecule has 1 aromatic carbocycles. The zero-order valence-corrected chi connectivity index (χ0v) is 10.3. The highest BCUT2D eigenvalue weighted by Crippen LogP contribution is 2.15. The number of hydrogen-bond acceptors (Lipinski definition) is 3. The molecule has 2 rings (SSSR count). The lowest BCUT2D eigenvalue weighted by atomic mass is 10.2. The maximum Gasteiger partial charge on any atom is 0.0995 e. The predicted octanol–water partition coefficient (Wildman–Crippen LogP) is 1.44. The number of anilines is 1. The van der Waals surface area contributed by atoms with Crippen LogP contribution in [-0.2, 0) is 6.42 Å². The fraction of sp³-hybridized carbons (Fsp3) is 0.308. The molecule has 0 unspecified atom stereocenters. The minimum absolute atomic E-state index is 0.635. The Balaban J connectivity index is 2.21. The molecule has 0 amide bonds. The van der Waals surface area contributed by atoms with Gasteiger partial charge in [-0.25, -0.2) is 4.98 Å². The summed E-state index contributed by atoms with van der Waals surface area (Å²) >= 11 is 0. The summed E-state index contributed by atoms with van der Waals surface area (Å²) < 4.78 is 2.02. The lowest BCUT2D eigenvalue weighted by Gasteiger charge is -2.12. The Morgan fingerprint density at radius 1 is 1.24 bits per heavy atom.